The number of hydrogen-bond donors (Lipinski definition) is 1. The van der Waals surface area contributed by atoms with E-state index in [2.05, 4.69) is 15.5 Å². The van der Waals surface area contributed by atoms with Crippen molar-refractivity contribution in [2.24, 2.45) is 0 Å². The van der Waals surface area contributed by atoms with Gasteiger partial charge >= 0.3 is 5.82 Å². The summed E-state index contributed by atoms with van der Waals surface area (Å²) in [6, 6.07) is -0.173. The minimum absolute atomic E-state index is 0.0450. The van der Waals surface area contributed by atoms with Crippen LogP contribution < -0.4 is 5.32 Å². The van der Waals surface area contributed by atoms with Crippen molar-refractivity contribution >= 4 is 23.3 Å². The highest BCUT2D eigenvalue weighted by Crippen LogP contribution is 2.21. The van der Waals surface area contributed by atoms with Crippen LogP contribution in [0.2, 0.25) is 5.02 Å². The number of rotatable bonds is 7. The van der Waals surface area contributed by atoms with E-state index in [1.54, 1.807) is 0 Å². The van der Waals surface area contributed by atoms with Gasteiger partial charge in [-0.2, -0.15) is 9.78 Å². The molecule has 2 aromatic heterocycles. The third kappa shape index (κ3) is 4.10. The molecule has 0 fully saturated rings. The fourth-order valence-electron chi connectivity index (χ4n) is 2.35. The van der Waals surface area contributed by atoms with Crippen LogP contribution >= 0.6 is 11.6 Å². The van der Waals surface area contributed by atoms with Crippen molar-refractivity contribution in [2.75, 3.05) is 0 Å². The lowest BCUT2D eigenvalue weighted by molar-refractivity contribution is -0.389. The van der Waals surface area contributed by atoms with Crippen molar-refractivity contribution in [2.45, 2.75) is 46.3 Å². The number of carbonyl (C=O) groups excluding carboxylic acids is 1. The lowest BCUT2D eigenvalue weighted by Gasteiger charge is -2.12. The summed E-state index contributed by atoms with van der Waals surface area (Å²) in [6.07, 6.45) is 3.39. The van der Waals surface area contributed by atoms with Gasteiger partial charge in [-0.15, -0.1) is 0 Å². The van der Waals surface area contributed by atoms with Gasteiger partial charge in [0, 0.05) is 24.7 Å². The number of nitrogens with zero attached hydrogens (tertiary/aromatic N) is 5. The van der Waals surface area contributed by atoms with Crippen molar-refractivity contribution in [3.8, 4) is 0 Å². The van der Waals surface area contributed by atoms with Crippen LogP contribution in [0.3, 0.4) is 0 Å². The van der Waals surface area contributed by atoms with E-state index in [1.807, 2.05) is 31.6 Å². The minimum Gasteiger partial charge on any atom is -0.358 e. The average molecular weight is 355 g/mol. The molecule has 1 N–H and O–H groups in total. The minimum atomic E-state index is -0.658. The number of carbonyl (C=O) groups is 1. The molecule has 2 rings (SSSR count). The molecule has 1 atom stereocenters. The highest BCUT2D eigenvalue weighted by atomic mass is 35.5. The van der Waals surface area contributed by atoms with Crippen LogP contribution in [0.4, 0.5) is 5.82 Å². The summed E-state index contributed by atoms with van der Waals surface area (Å²) in [6.45, 7) is 6.75. The summed E-state index contributed by atoms with van der Waals surface area (Å²) in [5.74, 6) is -0.589. The fourth-order valence-corrected chi connectivity index (χ4v) is 2.57. The molecule has 2 aromatic rings. The predicted octanol–water partition coefficient (Wildman–Crippen LogP) is 2.24. The molecule has 1 amide bonds. The molecule has 9 nitrogen and oxygen atoms in total. The zero-order chi connectivity index (χ0) is 17.9. The molecular weight excluding hydrogens is 336 g/mol. The van der Waals surface area contributed by atoms with Gasteiger partial charge in [0.25, 0.3) is 0 Å². The van der Waals surface area contributed by atoms with Gasteiger partial charge in [0.05, 0.1) is 29.6 Å². The SMILES string of the molecule is CCn1cc([C@H](C)NC(=O)CCn2cc(Cl)c([N+](=O)[O-])n2)c(C)n1. The molecule has 0 spiro atoms. The molecular formula is C14H19ClN6O3. The van der Waals surface area contributed by atoms with Crippen molar-refractivity contribution in [1.29, 1.82) is 0 Å². The second-order valence-electron chi connectivity index (χ2n) is 5.39. The summed E-state index contributed by atoms with van der Waals surface area (Å²) in [5, 5.41) is 21.6. The summed E-state index contributed by atoms with van der Waals surface area (Å²) < 4.78 is 3.11. The number of aromatic nitrogens is 4. The van der Waals surface area contributed by atoms with E-state index in [4.69, 9.17) is 11.6 Å². The van der Waals surface area contributed by atoms with E-state index < -0.39 is 10.7 Å². The van der Waals surface area contributed by atoms with Crippen LogP contribution in [-0.4, -0.2) is 30.4 Å². The van der Waals surface area contributed by atoms with Crippen molar-refractivity contribution < 1.29 is 9.72 Å². The maximum Gasteiger partial charge on any atom is 0.408 e. The summed E-state index contributed by atoms with van der Waals surface area (Å²) in [7, 11) is 0. The van der Waals surface area contributed by atoms with Gasteiger partial charge in [0.1, 0.15) is 0 Å². The molecule has 130 valence electrons. The number of hydrogen-bond acceptors (Lipinski definition) is 5. The smallest absolute Gasteiger partial charge is 0.358 e. The largest absolute Gasteiger partial charge is 0.408 e. The molecule has 0 aliphatic rings. The van der Waals surface area contributed by atoms with E-state index in [-0.39, 0.29) is 29.9 Å². The first kappa shape index (κ1) is 17.9. The highest BCUT2D eigenvalue weighted by molar-refractivity contribution is 6.32. The summed E-state index contributed by atoms with van der Waals surface area (Å²) >= 11 is 5.72. The Balaban J connectivity index is 1.92. The zero-order valence-corrected chi connectivity index (χ0v) is 14.4. The molecule has 10 heteroatoms. The number of aryl methyl sites for hydroxylation is 3. The van der Waals surface area contributed by atoms with Crippen LogP contribution in [0.5, 0.6) is 0 Å². The molecule has 0 aliphatic carbocycles. The third-order valence-corrected chi connectivity index (χ3v) is 3.86. The molecule has 0 saturated carbocycles. The highest BCUT2D eigenvalue weighted by Gasteiger charge is 2.20. The normalized spacial score (nSPS) is 12.2. The number of nitro groups is 1. The van der Waals surface area contributed by atoms with E-state index >= 15 is 0 Å². The second-order valence-corrected chi connectivity index (χ2v) is 5.79. The Bertz CT molecular complexity index is 754. The van der Waals surface area contributed by atoms with Gasteiger partial charge in [-0.1, -0.05) is 11.6 Å². The van der Waals surface area contributed by atoms with Crippen LogP contribution in [0.15, 0.2) is 12.4 Å². The Morgan fingerprint density at radius 1 is 1.42 bits per heavy atom. The summed E-state index contributed by atoms with van der Waals surface area (Å²) in [4.78, 5) is 22.1. The van der Waals surface area contributed by atoms with Gasteiger partial charge < -0.3 is 15.4 Å². The molecule has 2 heterocycles. The van der Waals surface area contributed by atoms with Crippen LogP contribution in [0, 0.1) is 17.0 Å². The maximum atomic E-state index is 12.1. The Morgan fingerprint density at radius 3 is 2.67 bits per heavy atom. The average Bonchev–Trinajstić information content (AvgIpc) is 3.08. The van der Waals surface area contributed by atoms with Crippen molar-refractivity contribution in [3.63, 3.8) is 0 Å². The predicted molar refractivity (Wildman–Crippen MR) is 87.7 cm³/mol. The molecule has 0 unspecified atom stereocenters. The van der Waals surface area contributed by atoms with Gasteiger partial charge in [0.2, 0.25) is 5.91 Å². The Hall–Kier alpha value is -2.42. The van der Waals surface area contributed by atoms with Crippen LogP contribution in [0.25, 0.3) is 0 Å². The first-order valence-electron chi connectivity index (χ1n) is 7.52. The third-order valence-electron chi connectivity index (χ3n) is 3.59. The Labute approximate surface area is 143 Å². The number of amides is 1. The van der Waals surface area contributed by atoms with E-state index in [1.165, 1.54) is 10.9 Å². The monoisotopic (exact) mass is 354 g/mol. The second kappa shape index (κ2) is 7.43. The molecule has 0 bridgehead atoms. The standard InChI is InChI=1S/C14H19ClN6O3/c1-4-19-7-11(10(3)17-19)9(2)16-13(22)5-6-20-8-12(15)14(18-20)21(23)24/h7-9H,4-6H2,1-3H3,(H,16,22)/t9-/m0/s1. The number of nitrogens with one attached hydrogen (secondary N) is 1. The molecule has 0 aromatic carbocycles. The van der Waals surface area contributed by atoms with Crippen molar-refractivity contribution in [1.82, 2.24) is 24.9 Å². The fraction of sp³-hybridized carbons (Fsp3) is 0.500. The van der Waals surface area contributed by atoms with E-state index in [9.17, 15) is 14.9 Å². The topological polar surface area (TPSA) is 108 Å². The van der Waals surface area contributed by atoms with Gasteiger partial charge in [-0.25, -0.2) is 0 Å². The first-order chi connectivity index (χ1) is 11.3. The lowest BCUT2D eigenvalue weighted by atomic mass is 10.1. The molecule has 0 aliphatic heterocycles. The Kier molecular flexibility index (Phi) is 5.55. The van der Waals surface area contributed by atoms with Crippen LogP contribution in [0.1, 0.15) is 37.6 Å². The van der Waals surface area contributed by atoms with Crippen LogP contribution in [-0.2, 0) is 17.9 Å². The maximum absolute atomic E-state index is 12.1. The van der Waals surface area contributed by atoms with E-state index in [0.29, 0.717) is 0 Å². The molecule has 24 heavy (non-hydrogen) atoms. The Morgan fingerprint density at radius 2 is 2.12 bits per heavy atom. The van der Waals surface area contributed by atoms with Gasteiger partial charge in [0.15, 0.2) is 5.02 Å². The zero-order valence-electron chi connectivity index (χ0n) is 13.7. The van der Waals surface area contributed by atoms with Gasteiger partial charge in [-0.3, -0.25) is 9.48 Å². The number of halogens is 1. The molecule has 0 radical (unpaired) electrons. The molecule has 0 saturated heterocycles. The van der Waals surface area contributed by atoms with E-state index in [0.717, 1.165) is 17.8 Å². The van der Waals surface area contributed by atoms with Crippen molar-refractivity contribution in [3.05, 3.63) is 38.8 Å². The quantitative estimate of drug-likeness (QED) is 0.606. The first-order valence-corrected chi connectivity index (χ1v) is 7.90. The lowest BCUT2D eigenvalue weighted by Crippen LogP contribution is -2.27. The summed E-state index contributed by atoms with van der Waals surface area (Å²) in [5.41, 5.74) is 1.84. The van der Waals surface area contributed by atoms with Gasteiger partial charge in [-0.05, 0) is 25.7 Å².